The van der Waals surface area contributed by atoms with Crippen LogP contribution in [-0.2, 0) is 12.8 Å². The minimum absolute atomic E-state index is 0.0120. The van der Waals surface area contributed by atoms with Crippen molar-refractivity contribution in [1.29, 1.82) is 0 Å². The molecule has 0 bridgehead atoms. The van der Waals surface area contributed by atoms with Gasteiger partial charge in [-0.2, -0.15) is 0 Å². The lowest BCUT2D eigenvalue weighted by Gasteiger charge is -2.07. The Balaban J connectivity index is 1.93. The second kappa shape index (κ2) is 5.83. The molecule has 2 aromatic heterocycles. The lowest BCUT2D eigenvalue weighted by atomic mass is 10.2. The number of aromatic nitrogens is 2. The molecular formula is C15H13ClN2OS2. The number of nitrogens with zero attached hydrogens (tertiary/aromatic N) is 2. The molecule has 0 aliphatic carbocycles. The highest BCUT2D eigenvalue weighted by Crippen LogP contribution is 2.26. The Morgan fingerprint density at radius 1 is 1.38 bits per heavy atom. The maximum Gasteiger partial charge on any atom is 0.262 e. The summed E-state index contributed by atoms with van der Waals surface area (Å²) in [6.45, 7) is 1.99. The summed E-state index contributed by atoms with van der Waals surface area (Å²) in [5.41, 5.74) is 1.13. The second-order valence-electron chi connectivity index (χ2n) is 4.75. The Hall–Kier alpha value is -1.30. The van der Waals surface area contributed by atoms with Gasteiger partial charge >= 0.3 is 0 Å². The molecule has 3 aromatic rings. The van der Waals surface area contributed by atoms with Gasteiger partial charge < -0.3 is 0 Å². The maximum absolute atomic E-state index is 12.3. The summed E-state index contributed by atoms with van der Waals surface area (Å²) in [5.74, 6) is 0.733. The topological polar surface area (TPSA) is 34.9 Å². The number of fused-ring (bicyclic) bond motifs is 1. The van der Waals surface area contributed by atoms with E-state index in [1.54, 1.807) is 34.7 Å². The smallest absolute Gasteiger partial charge is 0.262 e. The molecule has 2 heterocycles. The molecular weight excluding hydrogens is 324 g/mol. The van der Waals surface area contributed by atoms with Crippen molar-refractivity contribution < 1.29 is 0 Å². The first-order valence-corrected chi connectivity index (χ1v) is 8.57. The van der Waals surface area contributed by atoms with Crippen LogP contribution < -0.4 is 5.56 Å². The summed E-state index contributed by atoms with van der Waals surface area (Å²) in [6.07, 6.45) is 0. The van der Waals surface area contributed by atoms with Crippen molar-refractivity contribution in [2.24, 2.45) is 7.05 Å². The van der Waals surface area contributed by atoms with Gasteiger partial charge in [-0.3, -0.25) is 9.36 Å². The number of thiophene rings is 1. The van der Waals surface area contributed by atoms with Crippen molar-refractivity contribution >= 4 is 44.9 Å². The minimum atomic E-state index is 0.0120. The molecule has 6 heteroatoms. The fourth-order valence-electron chi connectivity index (χ4n) is 2.07. The number of hydrogen-bond acceptors (Lipinski definition) is 4. The zero-order chi connectivity index (χ0) is 15.0. The van der Waals surface area contributed by atoms with E-state index in [0.29, 0.717) is 5.39 Å². The average molecular weight is 337 g/mol. The molecule has 108 valence electrons. The standard InChI is InChI=1S/C15H13ClN2OS2/c1-9-6-12-13(21-9)17-15(18(2)14(12)19)20-8-10-4-3-5-11(16)7-10/h3-7H,8H2,1-2H3. The van der Waals surface area contributed by atoms with Gasteiger partial charge in [-0.25, -0.2) is 4.98 Å². The first kappa shape index (κ1) is 14.6. The van der Waals surface area contributed by atoms with E-state index < -0.39 is 0 Å². The average Bonchev–Trinajstić information content (AvgIpc) is 2.82. The molecule has 0 spiro atoms. The molecule has 0 aliphatic heterocycles. The van der Waals surface area contributed by atoms with Gasteiger partial charge in [-0.1, -0.05) is 35.5 Å². The molecule has 21 heavy (non-hydrogen) atoms. The van der Waals surface area contributed by atoms with Crippen molar-refractivity contribution in [3.8, 4) is 0 Å². The van der Waals surface area contributed by atoms with Crippen LogP contribution in [0.2, 0.25) is 5.02 Å². The van der Waals surface area contributed by atoms with E-state index in [1.807, 2.05) is 37.3 Å². The van der Waals surface area contributed by atoms with Crippen molar-refractivity contribution in [2.75, 3.05) is 0 Å². The van der Waals surface area contributed by atoms with Crippen molar-refractivity contribution in [3.05, 3.63) is 56.1 Å². The highest BCUT2D eigenvalue weighted by molar-refractivity contribution is 7.98. The zero-order valence-electron chi connectivity index (χ0n) is 11.6. The number of aryl methyl sites for hydroxylation is 1. The third-order valence-corrected chi connectivity index (χ3v) is 5.39. The van der Waals surface area contributed by atoms with Crippen LogP contribution in [0.4, 0.5) is 0 Å². The molecule has 1 aromatic carbocycles. The summed E-state index contributed by atoms with van der Waals surface area (Å²) in [6, 6.07) is 9.63. The van der Waals surface area contributed by atoms with Crippen molar-refractivity contribution in [3.63, 3.8) is 0 Å². The van der Waals surface area contributed by atoms with Gasteiger partial charge in [0.2, 0.25) is 0 Å². The molecule has 3 rings (SSSR count). The van der Waals surface area contributed by atoms with E-state index in [9.17, 15) is 4.79 Å². The summed E-state index contributed by atoms with van der Waals surface area (Å²) < 4.78 is 1.61. The normalized spacial score (nSPS) is 11.2. The third-order valence-electron chi connectivity index (χ3n) is 3.11. The summed E-state index contributed by atoms with van der Waals surface area (Å²) in [5, 5.41) is 2.15. The Morgan fingerprint density at radius 2 is 2.19 bits per heavy atom. The largest absolute Gasteiger partial charge is 0.290 e. The molecule has 0 fully saturated rings. The predicted octanol–water partition coefficient (Wildman–Crippen LogP) is 4.25. The summed E-state index contributed by atoms with van der Waals surface area (Å²) >= 11 is 9.09. The van der Waals surface area contributed by atoms with Crippen LogP contribution in [0.5, 0.6) is 0 Å². The lowest BCUT2D eigenvalue weighted by molar-refractivity contribution is 0.728. The quantitative estimate of drug-likeness (QED) is 0.530. The Bertz CT molecular complexity index is 870. The molecule has 0 N–H and O–H groups in total. The van der Waals surface area contributed by atoms with E-state index >= 15 is 0 Å². The Labute approximate surface area is 135 Å². The van der Waals surface area contributed by atoms with Crippen molar-refractivity contribution in [2.45, 2.75) is 17.8 Å². The van der Waals surface area contributed by atoms with Gasteiger partial charge in [-0.15, -0.1) is 11.3 Å². The highest BCUT2D eigenvalue weighted by atomic mass is 35.5. The van der Waals surface area contributed by atoms with E-state index in [-0.39, 0.29) is 5.56 Å². The number of benzene rings is 1. The monoisotopic (exact) mass is 336 g/mol. The lowest BCUT2D eigenvalue weighted by Crippen LogP contribution is -2.19. The van der Waals surface area contributed by atoms with E-state index in [1.165, 1.54) is 0 Å². The van der Waals surface area contributed by atoms with Gasteiger partial charge in [-0.05, 0) is 30.7 Å². The highest BCUT2D eigenvalue weighted by Gasteiger charge is 2.11. The van der Waals surface area contributed by atoms with Crippen LogP contribution in [0.1, 0.15) is 10.4 Å². The van der Waals surface area contributed by atoms with E-state index in [0.717, 1.165) is 31.2 Å². The molecule has 0 atom stereocenters. The van der Waals surface area contributed by atoms with Gasteiger partial charge in [0.25, 0.3) is 5.56 Å². The first-order valence-electron chi connectivity index (χ1n) is 6.39. The fourth-order valence-corrected chi connectivity index (χ4v) is 4.12. The number of thioether (sulfide) groups is 1. The second-order valence-corrected chi connectivity index (χ2v) is 7.37. The molecule has 0 saturated carbocycles. The summed E-state index contributed by atoms with van der Waals surface area (Å²) in [7, 11) is 1.77. The number of halogens is 1. The van der Waals surface area contributed by atoms with Crippen molar-refractivity contribution in [1.82, 2.24) is 9.55 Å². The first-order chi connectivity index (χ1) is 10.0. The fraction of sp³-hybridized carbons (Fsp3) is 0.200. The zero-order valence-corrected chi connectivity index (χ0v) is 14.0. The third kappa shape index (κ3) is 3.00. The van der Waals surface area contributed by atoms with Crippen LogP contribution in [0.15, 0.2) is 40.3 Å². The van der Waals surface area contributed by atoms with Gasteiger partial charge in [0, 0.05) is 22.7 Å². The number of hydrogen-bond donors (Lipinski definition) is 0. The minimum Gasteiger partial charge on any atom is -0.290 e. The molecule has 3 nitrogen and oxygen atoms in total. The van der Waals surface area contributed by atoms with E-state index in [4.69, 9.17) is 11.6 Å². The molecule has 0 radical (unpaired) electrons. The SMILES string of the molecule is Cc1cc2c(=O)n(C)c(SCc3cccc(Cl)c3)nc2s1. The maximum atomic E-state index is 12.3. The molecule has 0 aliphatic rings. The Kier molecular flexibility index (Phi) is 4.06. The molecule has 0 saturated heterocycles. The van der Waals surface area contributed by atoms with Crippen LogP contribution in [-0.4, -0.2) is 9.55 Å². The van der Waals surface area contributed by atoms with Gasteiger partial charge in [0.05, 0.1) is 5.39 Å². The van der Waals surface area contributed by atoms with E-state index in [2.05, 4.69) is 4.98 Å². The Morgan fingerprint density at radius 3 is 2.95 bits per heavy atom. The van der Waals surface area contributed by atoms with Crippen LogP contribution in [0, 0.1) is 6.92 Å². The van der Waals surface area contributed by atoms with Gasteiger partial charge in [0.15, 0.2) is 5.16 Å². The number of rotatable bonds is 3. The molecule has 0 unspecified atom stereocenters. The molecule has 0 amide bonds. The predicted molar refractivity (Wildman–Crippen MR) is 90.6 cm³/mol. The van der Waals surface area contributed by atoms with Crippen LogP contribution in [0.25, 0.3) is 10.2 Å². The van der Waals surface area contributed by atoms with Gasteiger partial charge in [0.1, 0.15) is 4.83 Å². The van der Waals surface area contributed by atoms with Crippen LogP contribution in [0.3, 0.4) is 0 Å². The summed E-state index contributed by atoms with van der Waals surface area (Å²) in [4.78, 5) is 18.8. The van der Waals surface area contributed by atoms with Crippen LogP contribution >= 0.6 is 34.7 Å².